The van der Waals surface area contributed by atoms with Crippen molar-refractivity contribution in [1.82, 2.24) is 0 Å². The van der Waals surface area contributed by atoms with Crippen LogP contribution in [0.2, 0.25) is 0 Å². The fraction of sp³-hybridized carbons (Fsp3) is 0.364. The van der Waals surface area contributed by atoms with Crippen LogP contribution in [0.1, 0.15) is 12.0 Å². The third-order valence-electron chi connectivity index (χ3n) is 2.09. The minimum atomic E-state index is -0.468. The first-order chi connectivity index (χ1) is 7.22. The van der Waals surface area contributed by atoms with E-state index >= 15 is 0 Å². The number of aryl methyl sites for hydroxylation is 1. The number of hydrogen-bond donors (Lipinski definition) is 0. The second-order valence-corrected chi connectivity index (χ2v) is 3.00. The number of methoxy groups -OCH3 is 2. The molecular formula is C11H13FO3. The van der Waals surface area contributed by atoms with Gasteiger partial charge >= 0.3 is 0 Å². The van der Waals surface area contributed by atoms with Crippen molar-refractivity contribution in [3.63, 3.8) is 0 Å². The van der Waals surface area contributed by atoms with Gasteiger partial charge in [0.1, 0.15) is 12.0 Å². The first-order valence-corrected chi connectivity index (χ1v) is 4.57. The molecule has 0 heterocycles. The molecule has 1 aromatic rings. The molecule has 1 rings (SSSR count). The first-order valence-electron chi connectivity index (χ1n) is 4.57. The van der Waals surface area contributed by atoms with E-state index in [1.54, 1.807) is 6.07 Å². The molecule has 82 valence electrons. The van der Waals surface area contributed by atoms with Crippen LogP contribution >= 0.6 is 0 Å². The Bertz CT molecular complexity index is 350. The van der Waals surface area contributed by atoms with E-state index in [0.29, 0.717) is 18.6 Å². The van der Waals surface area contributed by atoms with E-state index in [1.807, 2.05) is 0 Å². The van der Waals surface area contributed by atoms with Crippen molar-refractivity contribution in [3.05, 3.63) is 23.5 Å². The third kappa shape index (κ3) is 2.68. The summed E-state index contributed by atoms with van der Waals surface area (Å²) in [6, 6.07) is 2.82. The largest absolute Gasteiger partial charge is 0.496 e. The van der Waals surface area contributed by atoms with E-state index in [9.17, 15) is 9.18 Å². The lowest BCUT2D eigenvalue weighted by atomic mass is 10.1. The van der Waals surface area contributed by atoms with Crippen molar-refractivity contribution >= 4 is 6.29 Å². The molecule has 0 bridgehead atoms. The van der Waals surface area contributed by atoms with Crippen LogP contribution in [0.25, 0.3) is 0 Å². The van der Waals surface area contributed by atoms with E-state index in [1.165, 1.54) is 20.3 Å². The van der Waals surface area contributed by atoms with E-state index in [0.717, 1.165) is 11.8 Å². The molecule has 1 aromatic carbocycles. The van der Waals surface area contributed by atoms with E-state index < -0.39 is 5.82 Å². The molecule has 0 spiro atoms. The lowest BCUT2D eigenvalue weighted by molar-refractivity contribution is -0.107. The second-order valence-electron chi connectivity index (χ2n) is 3.00. The van der Waals surface area contributed by atoms with Crippen LogP contribution < -0.4 is 9.47 Å². The summed E-state index contributed by atoms with van der Waals surface area (Å²) in [5.74, 6) is 0.135. The van der Waals surface area contributed by atoms with Gasteiger partial charge in [0.2, 0.25) is 0 Å². The molecule has 0 N–H and O–H groups in total. The Kier molecular flexibility index (Phi) is 4.09. The Hall–Kier alpha value is -1.58. The summed E-state index contributed by atoms with van der Waals surface area (Å²) in [4.78, 5) is 10.3. The molecule has 0 aliphatic carbocycles. The van der Waals surface area contributed by atoms with Gasteiger partial charge in [-0.3, -0.25) is 0 Å². The maximum atomic E-state index is 13.3. The molecule has 0 fully saturated rings. The minimum absolute atomic E-state index is 0.164. The number of carbonyl (C=O) groups excluding carboxylic acids is 1. The van der Waals surface area contributed by atoms with Crippen LogP contribution in [0, 0.1) is 5.82 Å². The van der Waals surface area contributed by atoms with Crippen LogP contribution in [0.15, 0.2) is 12.1 Å². The molecule has 0 unspecified atom stereocenters. The fourth-order valence-electron chi connectivity index (χ4n) is 1.33. The zero-order chi connectivity index (χ0) is 11.3. The number of ether oxygens (including phenoxy) is 2. The van der Waals surface area contributed by atoms with Crippen molar-refractivity contribution in [3.8, 4) is 11.5 Å². The molecule has 0 saturated heterocycles. The molecule has 3 nitrogen and oxygen atoms in total. The molecule has 0 aromatic heterocycles. The van der Waals surface area contributed by atoms with Crippen molar-refractivity contribution in [2.45, 2.75) is 12.8 Å². The predicted molar refractivity (Wildman–Crippen MR) is 53.9 cm³/mol. The monoisotopic (exact) mass is 212 g/mol. The maximum absolute atomic E-state index is 13.3. The summed E-state index contributed by atoms with van der Waals surface area (Å²) in [5, 5.41) is 0. The smallest absolute Gasteiger partial charge is 0.168 e. The van der Waals surface area contributed by atoms with Gasteiger partial charge in [-0.2, -0.15) is 0 Å². The molecule has 0 amide bonds. The van der Waals surface area contributed by atoms with Crippen LogP contribution in [-0.4, -0.2) is 20.5 Å². The van der Waals surface area contributed by atoms with Gasteiger partial charge in [0.05, 0.1) is 14.2 Å². The number of benzene rings is 1. The zero-order valence-corrected chi connectivity index (χ0v) is 8.75. The average molecular weight is 212 g/mol. The Balaban J connectivity index is 3.04. The lowest BCUT2D eigenvalue weighted by Gasteiger charge is -2.10. The summed E-state index contributed by atoms with van der Waals surface area (Å²) in [6.45, 7) is 0. The zero-order valence-electron chi connectivity index (χ0n) is 8.75. The van der Waals surface area contributed by atoms with E-state index in [2.05, 4.69) is 0 Å². The standard InChI is InChI=1S/C11H13FO3/c1-14-10-7-9(12)11(15-2)6-8(10)4-3-5-13/h5-7H,3-4H2,1-2H3. The molecule has 15 heavy (non-hydrogen) atoms. The van der Waals surface area contributed by atoms with Gasteiger partial charge in [-0.25, -0.2) is 4.39 Å². The van der Waals surface area contributed by atoms with Crippen LogP contribution in [0.3, 0.4) is 0 Å². The summed E-state index contributed by atoms with van der Waals surface area (Å²) in [6.07, 6.45) is 1.71. The molecule has 4 heteroatoms. The quantitative estimate of drug-likeness (QED) is 0.700. The maximum Gasteiger partial charge on any atom is 0.168 e. The SMILES string of the molecule is COc1cc(CCC=O)c(OC)cc1F. The van der Waals surface area contributed by atoms with Gasteiger partial charge in [-0.15, -0.1) is 0 Å². The van der Waals surface area contributed by atoms with Crippen molar-refractivity contribution in [1.29, 1.82) is 0 Å². The van der Waals surface area contributed by atoms with Crippen LogP contribution in [0.5, 0.6) is 11.5 Å². The molecule has 0 atom stereocenters. The predicted octanol–water partition coefficient (Wildman–Crippen LogP) is 1.97. The molecule has 0 radical (unpaired) electrons. The van der Waals surface area contributed by atoms with Crippen molar-refractivity contribution < 1.29 is 18.7 Å². The number of hydrogen-bond acceptors (Lipinski definition) is 3. The summed E-state index contributed by atoms with van der Waals surface area (Å²) >= 11 is 0. The average Bonchev–Trinajstić information content (AvgIpc) is 2.26. The highest BCUT2D eigenvalue weighted by Gasteiger charge is 2.10. The Morgan fingerprint density at radius 2 is 1.93 bits per heavy atom. The Morgan fingerprint density at radius 1 is 1.27 bits per heavy atom. The summed E-state index contributed by atoms with van der Waals surface area (Å²) in [7, 11) is 2.86. The van der Waals surface area contributed by atoms with Gasteiger partial charge in [-0.05, 0) is 18.1 Å². The first kappa shape index (κ1) is 11.5. The topological polar surface area (TPSA) is 35.5 Å². The van der Waals surface area contributed by atoms with Gasteiger partial charge < -0.3 is 14.3 Å². The third-order valence-corrected chi connectivity index (χ3v) is 2.09. The number of carbonyl (C=O) groups is 1. The highest BCUT2D eigenvalue weighted by atomic mass is 19.1. The lowest BCUT2D eigenvalue weighted by Crippen LogP contribution is -1.97. The van der Waals surface area contributed by atoms with Gasteiger partial charge in [0.15, 0.2) is 11.6 Å². The normalized spacial score (nSPS) is 9.80. The highest BCUT2D eigenvalue weighted by molar-refractivity contribution is 5.51. The van der Waals surface area contributed by atoms with E-state index in [-0.39, 0.29) is 5.75 Å². The number of rotatable bonds is 5. The van der Waals surface area contributed by atoms with Crippen LogP contribution in [0.4, 0.5) is 4.39 Å². The van der Waals surface area contributed by atoms with E-state index in [4.69, 9.17) is 9.47 Å². The summed E-state index contributed by atoms with van der Waals surface area (Å²) in [5.41, 5.74) is 0.767. The Labute approximate surface area is 87.8 Å². The molecule has 0 saturated carbocycles. The second kappa shape index (κ2) is 5.34. The van der Waals surface area contributed by atoms with Crippen molar-refractivity contribution in [2.75, 3.05) is 14.2 Å². The fourth-order valence-corrected chi connectivity index (χ4v) is 1.33. The molecule has 0 aliphatic rings. The molecular weight excluding hydrogens is 199 g/mol. The van der Waals surface area contributed by atoms with Crippen LogP contribution in [-0.2, 0) is 11.2 Å². The Morgan fingerprint density at radius 3 is 2.47 bits per heavy atom. The summed E-state index contributed by atoms with van der Waals surface area (Å²) < 4.78 is 23.1. The minimum Gasteiger partial charge on any atom is -0.496 e. The molecule has 0 aliphatic heterocycles. The van der Waals surface area contributed by atoms with Gasteiger partial charge in [0, 0.05) is 12.5 Å². The van der Waals surface area contributed by atoms with Gasteiger partial charge in [-0.1, -0.05) is 0 Å². The number of halogens is 1. The van der Waals surface area contributed by atoms with Crippen molar-refractivity contribution in [2.24, 2.45) is 0 Å². The number of aldehydes is 1. The van der Waals surface area contributed by atoms with Gasteiger partial charge in [0.25, 0.3) is 0 Å². The highest BCUT2D eigenvalue weighted by Crippen LogP contribution is 2.28.